The standard InChI is InChI=1S/C16H18BrNO3/c17-11-4-5-12-10(7-11)3-6-14(12)18-16(21)13(8-15(19)20)9-1-2-9/h4-5,7,9,13-14H,1-3,6,8H2,(H,18,21)(H,19,20)/t13-,14-/m1/s1. The first kappa shape index (κ1) is 14.6. The number of halogens is 1. The summed E-state index contributed by atoms with van der Waals surface area (Å²) in [6, 6.07) is 6.15. The molecule has 0 bridgehead atoms. The van der Waals surface area contributed by atoms with Crippen LogP contribution in [0.25, 0.3) is 0 Å². The lowest BCUT2D eigenvalue weighted by Gasteiger charge is -2.19. The molecule has 0 aliphatic heterocycles. The third kappa shape index (κ3) is 3.28. The van der Waals surface area contributed by atoms with Crippen molar-refractivity contribution in [2.75, 3.05) is 0 Å². The molecule has 1 aromatic rings. The van der Waals surface area contributed by atoms with E-state index in [1.165, 1.54) is 5.56 Å². The van der Waals surface area contributed by atoms with Gasteiger partial charge in [0.15, 0.2) is 0 Å². The summed E-state index contributed by atoms with van der Waals surface area (Å²) in [5.41, 5.74) is 2.42. The number of aliphatic carboxylic acids is 1. The summed E-state index contributed by atoms with van der Waals surface area (Å²) in [6.07, 6.45) is 3.73. The van der Waals surface area contributed by atoms with Gasteiger partial charge in [-0.3, -0.25) is 9.59 Å². The highest BCUT2D eigenvalue weighted by Gasteiger charge is 2.38. The molecule has 1 aromatic carbocycles. The minimum absolute atomic E-state index is 0.0237. The highest BCUT2D eigenvalue weighted by molar-refractivity contribution is 9.10. The summed E-state index contributed by atoms with van der Waals surface area (Å²) in [6.45, 7) is 0. The molecule has 2 aliphatic carbocycles. The average Bonchev–Trinajstić information content (AvgIpc) is 3.19. The van der Waals surface area contributed by atoms with Crippen LogP contribution >= 0.6 is 15.9 Å². The van der Waals surface area contributed by atoms with Gasteiger partial charge in [0.25, 0.3) is 0 Å². The molecule has 4 nitrogen and oxygen atoms in total. The van der Waals surface area contributed by atoms with E-state index in [-0.39, 0.29) is 30.2 Å². The molecule has 0 spiro atoms. The molecule has 0 saturated heterocycles. The van der Waals surface area contributed by atoms with E-state index < -0.39 is 5.97 Å². The Bertz CT molecular complexity index is 583. The zero-order valence-electron chi connectivity index (χ0n) is 11.6. The van der Waals surface area contributed by atoms with Crippen molar-refractivity contribution >= 4 is 27.8 Å². The number of rotatable bonds is 5. The van der Waals surface area contributed by atoms with Crippen LogP contribution in [0.3, 0.4) is 0 Å². The van der Waals surface area contributed by atoms with Crippen molar-refractivity contribution in [1.82, 2.24) is 5.32 Å². The van der Waals surface area contributed by atoms with Gasteiger partial charge in [-0.1, -0.05) is 22.0 Å². The number of carbonyl (C=O) groups is 2. The number of aryl methyl sites for hydroxylation is 1. The van der Waals surface area contributed by atoms with Crippen molar-refractivity contribution in [3.8, 4) is 0 Å². The monoisotopic (exact) mass is 351 g/mol. The largest absolute Gasteiger partial charge is 0.481 e. The molecule has 2 aliphatic rings. The first-order valence-corrected chi connectivity index (χ1v) is 8.14. The van der Waals surface area contributed by atoms with E-state index in [0.717, 1.165) is 35.7 Å². The van der Waals surface area contributed by atoms with Crippen LogP contribution in [0.2, 0.25) is 0 Å². The summed E-state index contributed by atoms with van der Waals surface area (Å²) in [4.78, 5) is 23.3. The number of nitrogens with one attached hydrogen (secondary N) is 1. The SMILES string of the molecule is O=C(O)C[C@@H](C(=O)N[C@@H]1CCc2cc(Br)ccc21)C1CC1. The molecule has 0 radical (unpaired) electrons. The molecule has 112 valence electrons. The van der Waals surface area contributed by atoms with Crippen LogP contribution in [0.4, 0.5) is 0 Å². The maximum absolute atomic E-state index is 12.4. The van der Waals surface area contributed by atoms with Crippen molar-refractivity contribution in [2.45, 2.75) is 38.1 Å². The smallest absolute Gasteiger partial charge is 0.304 e. The summed E-state index contributed by atoms with van der Waals surface area (Å²) < 4.78 is 1.05. The van der Waals surface area contributed by atoms with Crippen LogP contribution in [0.5, 0.6) is 0 Å². The molecule has 1 amide bonds. The topological polar surface area (TPSA) is 66.4 Å². The average molecular weight is 352 g/mol. The zero-order valence-corrected chi connectivity index (χ0v) is 13.2. The van der Waals surface area contributed by atoms with Gasteiger partial charge < -0.3 is 10.4 Å². The highest BCUT2D eigenvalue weighted by Crippen LogP contribution is 2.40. The number of hydrogen-bond acceptors (Lipinski definition) is 2. The number of amides is 1. The molecule has 2 atom stereocenters. The summed E-state index contributed by atoms with van der Waals surface area (Å²) in [5, 5.41) is 12.0. The van der Waals surface area contributed by atoms with Gasteiger partial charge in [-0.2, -0.15) is 0 Å². The third-order valence-electron chi connectivity index (χ3n) is 4.42. The summed E-state index contributed by atoms with van der Waals surface area (Å²) >= 11 is 3.46. The molecule has 0 heterocycles. The lowest BCUT2D eigenvalue weighted by molar-refractivity contribution is -0.141. The van der Waals surface area contributed by atoms with Gasteiger partial charge in [0.05, 0.1) is 18.4 Å². The maximum atomic E-state index is 12.4. The molecule has 2 N–H and O–H groups in total. The van der Waals surface area contributed by atoms with E-state index in [0.29, 0.717) is 0 Å². The Balaban J connectivity index is 1.69. The van der Waals surface area contributed by atoms with Crippen molar-refractivity contribution in [1.29, 1.82) is 0 Å². The number of carboxylic acid groups (broad SMARTS) is 1. The van der Waals surface area contributed by atoms with E-state index in [2.05, 4.69) is 27.3 Å². The van der Waals surface area contributed by atoms with Crippen molar-refractivity contribution < 1.29 is 14.7 Å². The number of benzene rings is 1. The zero-order chi connectivity index (χ0) is 15.0. The fraction of sp³-hybridized carbons (Fsp3) is 0.500. The number of carboxylic acids is 1. The second-order valence-electron chi connectivity index (χ2n) is 5.98. The first-order valence-electron chi connectivity index (χ1n) is 7.35. The van der Waals surface area contributed by atoms with Gasteiger partial charge in [0.2, 0.25) is 5.91 Å². The van der Waals surface area contributed by atoms with Gasteiger partial charge in [-0.05, 0) is 54.9 Å². The number of fused-ring (bicyclic) bond motifs is 1. The lowest BCUT2D eigenvalue weighted by Crippen LogP contribution is -2.35. The summed E-state index contributed by atoms with van der Waals surface area (Å²) in [5.74, 6) is -1.10. The van der Waals surface area contributed by atoms with Crippen molar-refractivity contribution in [2.24, 2.45) is 11.8 Å². The predicted molar refractivity (Wildman–Crippen MR) is 81.8 cm³/mol. The van der Waals surface area contributed by atoms with E-state index in [1.807, 2.05) is 12.1 Å². The maximum Gasteiger partial charge on any atom is 0.304 e. The molecule has 1 fully saturated rings. The molecule has 0 aromatic heterocycles. The normalized spacial score (nSPS) is 21.7. The minimum atomic E-state index is -0.891. The van der Waals surface area contributed by atoms with Crippen LogP contribution in [-0.2, 0) is 16.0 Å². The second kappa shape index (κ2) is 5.79. The predicted octanol–water partition coefficient (Wildman–Crippen LogP) is 3.05. The molecule has 3 rings (SSSR count). The highest BCUT2D eigenvalue weighted by atomic mass is 79.9. The Morgan fingerprint density at radius 3 is 2.76 bits per heavy atom. The lowest BCUT2D eigenvalue weighted by atomic mass is 9.97. The number of hydrogen-bond donors (Lipinski definition) is 2. The van der Waals surface area contributed by atoms with Crippen LogP contribution in [0.15, 0.2) is 22.7 Å². The van der Waals surface area contributed by atoms with Gasteiger partial charge in [0.1, 0.15) is 0 Å². The van der Waals surface area contributed by atoms with Gasteiger partial charge in [-0.25, -0.2) is 0 Å². The molecule has 1 saturated carbocycles. The molecule has 0 unspecified atom stereocenters. The number of carbonyl (C=O) groups excluding carboxylic acids is 1. The molecular formula is C16H18BrNO3. The Hall–Kier alpha value is -1.36. The minimum Gasteiger partial charge on any atom is -0.481 e. The quantitative estimate of drug-likeness (QED) is 0.856. The van der Waals surface area contributed by atoms with Crippen LogP contribution in [0, 0.1) is 11.8 Å². The van der Waals surface area contributed by atoms with E-state index in [1.54, 1.807) is 0 Å². The Labute approximate surface area is 132 Å². The van der Waals surface area contributed by atoms with E-state index in [9.17, 15) is 9.59 Å². The van der Waals surface area contributed by atoms with Crippen molar-refractivity contribution in [3.05, 3.63) is 33.8 Å². The van der Waals surface area contributed by atoms with E-state index >= 15 is 0 Å². The van der Waals surface area contributed by atoms with Gasteiger partial charge in [-0.15, -0.1) is 0 Å². The Morgan fingerprint density at radius 1 is 1.33 bits per heavy atom. The van der Waals surface area contributed by atoms with Crippen LogP contribution in [-0.4, -0.2) is 17.0 Å². The van der Waals surface area contributed by atoms with Gasteiger partial charge in [0, 0.05) is 4.47 Å². The molecular weight excluding hydrogens is 334 g/mol. The first-order chi connectivity index (χ1) is 10.0. The molecule has 21 heavy (non-hydrogen) atoms. The molecule has 5 heteroatoms. The van der Waals surface area contributed by atoms with Crippen molar-refractivity contribution in [3.63, 3.8) is 0 Å². The fourth-order valence-corrected chi connectivity index (χ4v) is 3.58. The fourth-order valence-electron chi connectivity index (χ4n) is 3.17. The summed E-state index contributed by atoms with van der Waals surface area (Å²) in [7, 11) is 0. The van der Waals surface area contributed by atoms with Crippen LogP contribution < -0.4 is 5.32 Å². The van der Waals surface area contributed by atoms with Gasteiger partial charge >= 0.3 is 5.97 Å². The Morgan fingerprint density at radius 2 is 2.10 bits per heavy atom. The second-order valence-corrected chi connectivity index (χ2v) is 6.90. The Kier molecular flexibility index (Phi) is 4.02. The third-order valence-corrected chi connectivity index (χ3v) is 4.91. The van der Waals surface area contributed by atoms with E-state index in [4.69, 9.17) is 5.11 Å². The van der Waals surface area contributed by atoms with Crippen LogP contribution in [0.1, 0.15) is 42.9 Å².